The van der Waals surface area contributed by atoms with Gasteiger partial charge in [0.1, 0.15) is 5.56 Å². The van der Waals surface area contributed by atoms with Crippen LogP contribution in [-0.4, -0.2) is 23.6 Å². The molecular formula is C17H19N3O2S. The van der Waals surface area contributed by atoms with Crippen LogP contribution in [0.2, 0.25) is 0 Å². The third-order valence-electron chi connectivity index (χ3n) is 4.76. The Hall–Kier alpha value is -1.92. The summed E-state index contributed by atoms with van der Waals surface area (Å²) in [5, 5.41) is 8.25. The Morgan fingerprint density at radius 3 is 3.09 bits per heavy atom. The molecule has 6 heteroatoms. The molecule has 120 valence electrons. The molecule has 0 aliphatic carbocycles. The highest BCUT2D eigenvalue weighted by molar-refractivity contribution is 7.09. The fourth-order valence-corrected chi connectivity index (χ4v) is 4.28. The maximum atomic E-state index is 12.7. The minimum atomic E-state index is -0.285. The zero-order chi connectivity index (χ0) is 15.8. The molecule has 2 N–H and O–H groups in total. The molecule has 2 aromatic rings. The molecule has 2 bridgehead atoms. The molecule has 4 rings (SSSR count). The molecule has 2 atom stereocenters. The Morgan fingerprint density at radius 2 is 2.26 bits per heavy atom. The molecule has 5 nitrogen and oxygen atoms in total. The van der Waals surface area contributed by atoms with Gasteiger partial charge in [0.2, 0.25) is 0 Å². The maximum absolute atomic E-state index is 12.7. The molecule has 0 radical (unpaired) electrons. The standard InChI is InChI=1S/C17H19N3O2S/c21-16(19-9-13-2-1-5-23-13)14-3-4-15-12-6-11(7-18-8-12)10-20(15)17(14)22/h1-5,11-12,18H,6-10H2,(H,19,21)/t11-,12+/m0/s1. The van der Waals surface area contributed by atoms with Gasteiger partial charge in [-0.25, -0.2) is 0 Å². The highest BCUT2D eigenvalue weighted by atomic mass is 32.1. The van der Waals surface area contributed by atoms with Crippen LogP contribution in [0, 0.1) is 5.92 Å². The number of hydrogen-bond acceptors (Lipinski definition) is 4. The number of pyridine rings is 1. The zero-order valence-corrected chi connectivity index (χ0v) is 13.6. The number of thiophene rings is 1. The van der Waals surface area contributed by atoms with Crippen molar-refractivity contribution in [1.82, 2.24) is 15.2 Å². The number of carbonyl (C=O) groups excluding carboxylic acids is 1. The smallest absolute Gasteiger partial charge is 0.263 e. The first-order valence-corrected chi connectivity index (χ1v) is 8.85. The van der Waals surface area contributed by atoms with Crippen molar-refractivity contribution in [2.24, 2.45) is 5.92 Å². The molecule has 0 saturated carbocycles. The maximum Gasteiger partial charge on any atom is 0.263 e. The van der Waals surface area contributed by atoms with Gasteiger partial charge in [-0.15, -0.1) is 11.3 Å². The summed E-state index contributed by atoms with van der Waals surface area (Å²) in [6, 6.07) is 7.56. The monoisotopic (exact) mass is 329 g/mol. The van der Waals surface area contributed by atoms with Gasteiger partial charge in [-0.05, 0) is 42.5 Å². The van der Waals surface area contributed by atoms with Crippen LogP contribution in [0.5, 0.6) is 0 Å². The Morgan fingerprint density at radius 1 is 1.35 bits per heavy atom. The van der Waals surface area contributed by atoms with E-state index < -0.39 is 0 Å². The van der Waals surface area contributed by atoms with E-state index in [1.807, 2.05) is 28.1 Å². The molecule has 0 unspecified atom stereocenters. The van der Waals surface area contributed by atoms with Gasteiger partial charge in [-0.1, -0.05) is 6.07 Å². The summed E-state index contributed by atoms with van der Waals surface area (Å²) in [5.41, 5.74) is 1.16. The number of nitrogens with zero attached hydrogens (tertiary/aromatic N) is 1. The number of carbonyl (C=O) groups is 1. The van der Waals surface area contributed by atoms with E-state index in [0.717, 1.165) is 30.1 Å². The van der Waals surface area contributed by atoms with Crippen LogP contribution in [-0.2, 0) is 13.1 Å². The van der Waals surface area contributed by atoms with Crippen molar-refractivity contribution in [2.75, 3.05) is 13.1 Å². The van der Waals surface area contributed by atoms with Crippen LogP contribution in [0.15, 0.2) is 34.4 Å². The van der Waals surface area contributed by atoms with E-state index in [9.17, 15) is 9.59 Å². The second-order valence-corrected chi connectivity index (χ2v) is 7.34. The number of piperidine rings is 1. The summed E-state index contributed by atoms with van der Waals surface area (Å²) in [4.78, 5) is 26.2. The van der Waals surface area contributed by atoms with Crippen LogP contribution < -0.4 is 16.2 Å². The second-order valence-electron chi connectivity index (χ2n) is 6.31. The number of amides is 1. The van der Waals surface area contributed by atoms with E-state index in [2.05, 4.69) is 10.6 Å². The average Bonchev–Trinajstić information content (AvgIpc) is 3.07. The van der Waals surface area contributed by atoms with Gasteiger partial charge in [0.15, 0.2) is 0 Å². The lowest BCUT2D eigenvalue weighted by Crippen LogP contribution is -2.46. The van der Waals surface area contributed by atoms with E-state index in [1.54, 1.807) is 17.4 Å². The van der Waals surface area contributed by atoms with Crippen molar-refractivity contribution in [3.8, 4) is 0 Å². The molecule has 23 heavy (non-hydrogen) atoms. The molecule has 0 aromatic carbocycles. The number of hydrogen-bond donors (Lipinski definition) is 2. The fraction of sp³-hybridized carbons (Fsp3) is 0.412. The molecular weight excluding hydrogens is 310 g/mol. The summed E-state index contributed by atoms with van der Waals surface area (Å²) in [5.74, 6) is 0.592. The third-order valence-corrected chi connectivity index (χ3v) is 5.63. The molecule has 1 fully saturated rings. The molecule has 4 heterocycles. The minimum Gasteiger partial charge on any atom is -0.347 e. The van der Waals surface area contributed by atoms with Crippen molar-refractivity contribution in [3.05, 3.63) is 56.1 Å². The predicted molar refractivity (Wildman–Crippen MR) is 89.9 cm³/mol. The van der Waals surface area contributed by atoms with E-state index in [4.69, 9.17) is 0 Å². The third kappa shape index (κ3) is 2.72. The Bertz CT molecular complexity index is 782. The zero-order valence-electron chi connectivity index (χ0n) is 12.7. The molecule has 0 spiro atoms. The molecule has 2 aromatic heterocycles. The Balaban J connectivity index is 1.59. The summed E-state index contributed by atoms with van der Waals surface area (Å²) < 4.78 is 1.82. The molecule has 1 amide bonds. The van der Waals surface area contributed by atoms with Gasteiger partial charge in [-0.3, -0.25) is 9.59 Å². The topological polar surface area (TPSA) is 63.1 Å². The highest BCUT2D eigenvalue weighted by Crippen LogP contribution is 2.31. The molecule has 1 saturated heterocycles. The first-order chi connectivity index (χ1) is 11.2. The summed E-state index contributed by atoms with van der Waals surface area (Å²) in [6.07, 6.45) is 1.14. The number of rotatable bonds is 3. The van der Waals surface area contributed by atoms with E-state index >= 15 is 0 Å². The largest absolute Gasteiger partial charge is 0.347 e. The second kappa shape index (κ2) is 5.94. The lowest BCUT2D eigenvalue weighted by atomic mass is 9.84. The van der Waals surface area contributed by atoms with Crippen LogP contribution in [0.3, 0.4) is 0 Å². The summed E-state index contributed by atoms with van der Waals surface area (Å²) in [6.45, 7) is 3.05. The molecule has 2 aliphatic heterocycles. The van der Waals surface area contributed by atoms with Gasteiger partial charge in [0, 0.05) is 29.6 Å². The van der Waals surface area contributed by atoms with Crippen molar-refractivity contribution >= 4 is 17.2 Å². The first-order valence-electron chi connectivity index (χ1n) is 7.97. The van der Waals surface area contributed by atoms with Gasteiger partial charge >= 0.3 is 0 Å². The molecule has 2 aliphatic rings. The van der Waals surface area contributed by atoms with Crippen LogP contribution >= 0.6 is 11.3 Å². The lowest BCUT2D eigenvalue weighted by molar-refractivity contribution is 0.0948. The first kappa shape index (κ1) is 14.7. The van der Waals surface area contributed by atoms with Crippen LogP contribution in [0.4, 0.5) is 0 Å². The lowest BCUT2D eigenvalue weighted by Gasteiger charge is -2.37. The van der Waals surface area contributed by atoms with Gasteiger partial charge in [0.05, 0.1) is 6.54 Å². The van der Waals surface area contributed by atoms with E-state index in [-0.39, 0.29) is 17.0 Å². The van der Waals surface area contributed by atoms with Crippen molar-refractivity contribution in [2.45, 2.75) is 25.4 Å². The van der Waals surface area contributed by atoms with E-state index in [0.29, 0.717) is 24.9 Å². The quantitative estimate of drug-likeness (QED) is 0.898. The van der Waals surface area contributed by atoms with Gasteiger partial charge in [0.25, 0.3) is 11.5 Å². The number of fused-ring (bicyclic) bond motifs is 4. The Labute approximate surface area is 138 Å². The highest BCUT2D eigenvalue weighted by Gasteiger charge is 2.31. The van der Waals surface area contributed by atoms with Crippen molar-refractivity contribution in [1.29, 1.82) is 0 Å². The van der Waals surface area contributed by atoms with E-state index in [1.165, 1.54) is 0 Å². The Kier molecular flexibility index (Phi) is 3.79. The summed E-state index contributed by atoms with van der Waals surface area (Å²) >= 11 is 1.59. The minimum absolute atomic E-state index is 0.150. The number of aromatic nitrogens is 1. The summed E-state index contributed by atoms with van der Waals surface area (Å²) in [7, 11) is 0. The SMILES string of the molecule is O=C(NCc1cccs1)c1ccc2n(c1=O)C[C@@H]1CNC[C@H]2C1. The average molecular weight is 329 g/mol. The van der Waals surface area contributed by atoms with Crippen LogP contribution in [0.1, 0.15) is 33.3 Å². The fourth-order valence-electron chi connectivity index (χ4n) is 3.64. The van der Waals surface area contributed by atoms with Crippen LogP contribution in [0.25, 0.3) is 0 Å². The number of nitrogens with one attached hydrogen (secondary N) is 2. The normalized spacial score (nSPS) is 22.4. The van der Waals surface area contributed by atoms with Gasteiger partial charge in [-0.2, -0.15) is 0 Å². The van der Waals surface area contributed by atoms with Gasteiger partial charge < -0.3 is 15.2 Å². The predicted octanol–water partition coefficient (Wildman–Crippen LogP) is 1.55. The van der Waals surface area contributed by atoms with Crippen molar-refractivity contribution < 1.29 is 4.79 Å². The van der Waals surface area contributed by atoms with Crippen molar-refractivity contribution in [3.63, 3.8) is 0 Å².